The number of carbonyl (C=O) groups excluding carboxylic acids is 1. The maximum atomic E-state index is 13.6. The quantitative estimate of drug-likeness (QED) is 0.428. The first-order chi connectivity index (χ1) is 16.0. The maximum absolute atomic E-state index is 13.6. The first kappa shape index (κ1) is 20.8. The summed E-state index contributed by atoms with van der Waals surface area (Å²) in [6, 6.07) is 16.8. The summed E-state index contributed by atoms with van der Waals surface area (Å²) in [5.74, 6) is 0.0898. The number of rotatable bonds is 5. The number of fused-ring (bicyclic) bond motifs is 2. The fraction of sp³-hybridized carbons (Fsp3) is 0.154. The van der Waals surface area contributed by atoms with Crippen molar-refractivity contribution in [1.82, 2.24) is 0 Å². The van der Waals surface area contributed by atoms with Crippen molar-refractivity contribution >= 4 is 22.6 Å². The average Bonchev–Trinajstić information content (AvgIpc) is 3.13. The second-order valence-corrected chi connectivity index (χ2v) is 7.57. The number of benzene rings is 3. The van der Waals surface area contributed by atoms with Crippen molar-refractivity contribution in [3.63, 3.8) is 0 Å². The molecule has 5 rings (SSSR count). The molecule has 0 fully saturated rings. The molecule has 1 amide bonds. The van der Waals surface area contributed by atoms with E-state index in [1.54, 1.807) is 42.5 Å². The Kier molecular flexibility index (Phi) is 5.09. The number of anilines is 1. The van der Waals surface area contributed by atoms with Gasteiger partial charge in [0, 0.05) is 5.69 Å². The van der Waals surface area contributed by atoms with Crippen LogP contribution in [0.2, 0.25) is 0 Å². The summed E-state index contributed by atoms with van der Waals surface area (Å²) in [4.78, 5) is 28.5. The molecule has 1 unspecified atom stereocenters. The van der Waals surface area contributed by atoms with Crippen LogP contribution >= 0.6 is 0 Å². The highest BCUT2D eigenvalue weighted by atomic mass is 19.1. The third-order valence-corrected chi connectivity index (χ3v) is 5.69. The molecule has 1 aliphatic rings. The largest absolute Gasteiger partial charge is 0.493 e. The molecule has 1 aromatic heterocycles. The predicted molar refractivity (Wildman–Crippen MR) is 122 cm³/mol. The number of carbonyl (C=O) groups is 1. The van der Waals surface area contributed by atoms with Gasteiger partial charge in [-0.2, -0.15) is 0 Å². The summed E-state index contributed by atoms with van der Waals surface area (Å²) in [6.07, 6.45) is 0. The Morgan fingerprint density at radius 3 is 2.48 bits per heavy atom. The van der Waals surface area contributed by atoms with Gasteiger partial charge in [0.25, 0.3) is 5.91 Å². The Morgan fingerprint density at radius 2 is 1.76 bits per heavy atom. The molecule has 6 nitrogen and oxygen atoms in total. The third kappa shape index (κ3) is 3.33. The minimum absolute atomic E-state index is 0.0270. The van der Waals surface area contributed by atoms with Gasteiger partial charge in [0.15, 0.2) is 16.9 Å². The number of para-hydroxylation sites is 1. The van der Waals surface area contributed by atoms with Crippen molar-refractivity contribution in [3.8, 4) is 11.5 Å². The summed E-state index contributed by atoms with van der Waals surface area (Å²) >= 11 is 0. The lowest BCUT2D eigenvalue weighted by Gasteiger charge is -2.26. The minimum Gasteiger partial charge on any atom is -0.493 e. The van der Waals surface area contributed by atoms with Crippen LogP contribution in [0.3, 0.4) is 0 Å². The molecular formula is C26H20FNO5. The Bertz CT molecular complexity index is 1430. The minimum atomic E-state index is -0.789. The lowest BCUT2D eigenvalue weighted by atomic mass is 9.97. The molecule has 0 spiro atoms. The Labute approximate surface area is 188 Å². The van der Waals surface area contributed by atoms with Gasteiger partial charge < -0.3 is 13.9 Å². The van der Waals surface area contributed by atoms with Crippen LogP contribution in [0.25, 0.3) is 11.0 Å². The zero-order valence-corrected chi connectivity index (χ0v) is 18.0. The van der Waals surface area contributed by atoms with E-state index in [1.165, 1.54) is 36.3 Å². The third-order valence-electron chi connectivity index (χ3n) is 5.69. The van der Waals surface area contributed by atoms with Gasteiger partial charge in [-0.25, -0.2) is 4.39 Å². The van der Waals surface area contributed by atoms with Crippen LogP contribution in [-0.4, -0.2) is 19.6 Å². The van der Waals surface area contributed by atoms with Gasteiger partial charge >= 0.3 is 0 Å². The van der Waals surface area contributed by atoms with Crippen LogP contribution in [0.15, 0.2) is 75.9 Å². The monoisotopic (exact) mass is 445 g/mol. The lowest BCUT2D eigenvalue weighted by Crippen LogP contribution is -2.29. The molecule has 1 atom stereocenters. The molecule has 0 aliphatic carbocycles. The van der Waals surface area contributed by atoms with Crippen molar-refractivity contribution in [3.05, 3.63) is 99.7 Å². The highest BCUT2D eigenvalue weighted by Gasteiger charge is 2.43. The first-order valence-corrected chi connectivity index (χ1v) is 10.5. The molecule has 7 heteroatoms. The number of methoxy groups -OCH3 is 1. The number of halogens is 1. The molecule has 3 aromatic carbocycles. The smallest absolute Gasteiger partial charge is 0.295 e. The van der Waals surface area contributed by atoms with Crippen LogP contribution in [-0.2, 0) is 0 Å². The molecular weight excluding hydrogens is 425 g/mol. The van der Waals surface area contributed by atoms with Crippen molar-refractivity contribution < 1.29 is 23.1 Å². The molecule has 0 saturated carbocycles. The van der Waals surface area contributed by atoms with E-state index >= 15 is 0 Å². The van der Waals surface area contributed by atoms with Crippen molar-refractivity contribution in [1.29, 1.82) is 0 Å². The Morgan fingerprint density at radius 1 is 1.00 bits per heavy atom. The van der Waals surface area contributed by atoms with Crippen LogP contribution in [0.1, 0.15) is 34.6 Å². The lowest BCUT2D eigenvalue weighted by molar-refractivity contribution is 0.0971. The SMILES string of the molecule is CCOc1ccc(C2c3c(oc4ccccc4c3=O)C(=O)N2c2ccc(F)cc2)cc1OC. The number of ether oxygens (including phenoxy) is 2. The standard InChI is InChI=1S/C26H20FNO5/c1-3-32-20-13-8-15(14-21(20)31-2)23-22-24(29)18-6-4-5-7-19(18)33-25(22)26(30)28(23)17-11-9-16(27)10-12-17/h4-14,23H,3H2,1-2H3. The van der Waals surface area contributed by atoms with Crippen LogP contribution in [0.4, 0.5) is 10.1 Å². The second-order valence-electron chi connectivity index (χ2n) is 7.57. The van der Waals surface area contributed by atoms with E-state index in [4.69, 9.17) is 13.9 Å². The fourth-order valence-corrected chi connectivity index (χ4v) is 4.23. The van der Waals surface area contributed by atoms with Gasteiger partial charge in [-0.1, -0.05) is 18.2 Å². The molecule has 4 aromatic rings. The number of hydrogen-bond donors (Lipinski definition) is 0. The van der Waals surface area contributed by atoms with Crippen LogP contribution in [0.5, 0.6) is 11.5 Å². The number of hydrogen-bond acceptors (Lipinski definition) is 5. The molecule has 0 radical (unpaired) electrons. The van der Waals surface area contributed by atoms with Crippen LogP contribution in [0, 0.1) is 5.82 Å². The zero-order chi connectivity index (χ0) is 23.1. The summed E-state index contributed by atoms with van der Waals surface area (Å²) in [7, 11) is 1.52. The average molecular weight is 445 g/mol. The molecule has 1 aliphatic heterocycles. The van der Waals surface area contributed by atoms with Gasteiger partial charge in [0.1, 0.15) is 11.4 Å². The predicted octanol–water partition coefficient (Wildman–Crippen LogP) is 5.09. The molecule has 33 heavy (non-hydrogen) atoms. The Balaban J connectivity index is 1.77. The van der Waals surface area contributed by atoms with Gasteiger partial charge in [-0.15, -0.1) is 0 Å². The van der Waals surface area contributed by atoms with E-state index in [-0.39, 0.29) is 16.8 Å². The first-order valence-electron chi connectivity index (χ1n) is 10.5. The normalized spacial score (nSPS) is 15.1. The number of nitrogens with zero attached hydrogens (tertiary/aromatic N) is 1. The van der Waals surface area contributed by atoms with Gasteiger partial charge in [0.05, 0.1) is 30.7 Å². The summed E-state index contributed by atoms with van der Waals surface area (Å²) in [5, 5.41) is 0.382. The fourth-order valence-electron chi connectivity index (χ4n) is 4.23. The summed E-state index contributed by atoms with van der Waals surface area (Å²) in [5.41, 5.74) is 1.35. The number of amides is 1. The highest BCUT2D eigenvalue weighted by molar-refractivity contribution is 6.10. The Hall–Kier alpha value is -4.13. The van der Waals surface area contributed by atoms with E-state index in [9.17, 15) is 14.0 Å². The van der Waals surface area contributed by atoms with E-state index in [0.717, 1.165) is 0 Å². The van der Waals surface area contributed by atoms with E-state index in [2.05, 4.69) is 0 Å². The van der Waals surface area contributed by atoms with E-state index < -0.39 is 17.8 Å². The van der Waals surface area contributed by atoms with Crippen molar-refractivity contribution in [2.75, 3.05) is 18.6 Å². The van der Waals surface area contributed by atoms with Crippen molar-refractivity contribution in [2.45, 2.75) is 13.0 Å². The molecule has 0 N–H and O–H groups in total. The molecule has 166 valence electrons. The zero-order valence-electron chi connectivity index (χ0n) is 18.0. The topological polar surface area (TPSA) is 69.0 Å². The van der Waals surface area contributed by atoms with Crippen LogP contribution < -0.4 is 19.8 Å². The van der Waals surface area contributed by atoms with E-state index in [1.807, 2.05) is 6.92 Å². The molecule has 2 heterocycles. The second kappa shape index (κ2) is 8.09. The molecule has 0 bridgehead atoms. The van der Waals surface area contributed by atoms with Gasteiger partial charge in [0.2, 0.25) is 5.76 Å². The van der Waals surface area contributed by atoms with Gasteiger partial charge in [-0.05, 0) is 61.0 Å². The van der Waals surface area contributed by atoms with E-state index in [0.29, 0.717) is 40.3 Å². The highest BCUT2D eigenvalue weighted by Crippen LogP contribution is 2.43. The summed E-state index contributed by atoms with van der Waals surface area (Å²) in [6.45, 7) is 2.32. The maximum Gasteiger partial charge on any atom is 0.295 e. The van der Waals surface area contributed by atoms with Gasteiger partial charge in [-0.3, -0.25) is 14.5 Å². The van der Waals surface area contributed by atoms with Crippen molar-refractivity contribution in [2.24, 2.45) is 0 Å². The molecule has 0 saturated heterocycles. The summed E-state index contributed by atoms with van der Waals surface area (Å²) < 4.78 is 30.6.